The molecule has 2 atom stereocenters. The Labute approximate surface area is 107 Å². The highest BCUT2D eigenvalue weighted by molar-refractivity contribution is 7.99. The Morgan fingerprint density at radius 2 is 2.24 bits per heavy atom. The third kappa shape index (κ3) is 2.04. The highest BCUT2D eigenvalue weighted by atomic mass is 32.2. The molecule has 0 saturated carbocycles. The molecule has 0 amide bonds. The van der Waals surface area contributed by atoms with Gasteiger partial charge in [-0.2, -0.15) is 11.8 Å². The van der Waals surface area contributed by atoms with E-state index in [-0.39, 0.29) is 6.10 Å². The van der Waals surface area contributed by atoms with Crippen molar-refractivity contribution in [3.8, 4) is 0 Å². The van der Waals surface area contributed by atoms with Crippen LogP contribution < -0.4 is 0 Å². The van der Waals surface area contributed by atoms with Gasteiger partial charge in [0.15, 0.2) is 0 Å². The summed E-state index contributed by atoms with van der Waals surface area (Å²) >= 11 is 2.08. The van der Waals surface area contributed by atoms with E-state index in [4.69, 9.17) is 0 Å². The predicted molar refractivity (Wildman–Crippen MR) is 72.7 cm³/mol. The average molecular weight is 251 g/mol. The van der Waals surface area contributed by atoms with E-state index in [1.807, 2.05) is 0 Å². The molecule has 17 heavy (non-hydrogen) atoms. The van der Waals surface area contributed by atoms with Gasteiger partial charge >= 0.3 is 0 Å². The first-order valence-corrected chi connectivity index (χ1v) is 7.89. The van der Waals surface area contributed by atoms with E-state index in [9.17, 15) is 5.11 Å². The second kappa shape index (κ2) is 4.69. The summed E-state index contributed by atoms with van der Waals surface area (Å²) in [5.74, 6) is 2.57. The molecule has 0 bridgehead atoms. The van der Waals surface area contributed by atoms with Gasteiger partial charge in [0.25, 0.3) is 0 Å². The van der Waals surface area contributed by atoms with E-state index in [1.54, 1.807) is 0 Å². The Morgan fingerprint density at radius 3 is 3.00 bits per heavy atom. The van der Waals surface area contributed by atoms with E-state index < -0.39 is 0 Å². The van der Waals surface area contributed by atoms with Gasteiger partial charge in [-0.05, 0) is 50.8 Å². The normalized spacial score (nSPS) is 29.1. The van der Waals surface area contributed by atoms with Crippen LogP contribution >= 0.6 is 11.8 Å². The largest absolute Gasteiger partial charge is 0.388 e. The van der Waals surface area contributed by atoms with Crippen molar-refractivity contribution in [3.63, 3.8) is 0 Å². The molecule has 1 aromatic heterocycles. The van der Waals surface area contributed by atoms with Crippen LogP contribution in [-0.2, 0) is 6.42 Å². The average Bonchev–Trinajstić information content (AvgIpc) is 2.68. The number of rotatable bonds is 1. The third-order valence-electron chi connectivity index (χ3n) is 4.12. The van der Waals surface area contributed by atoms with Gasteiger partial charge in [-0.25, -0.2) is 0 Å². The molecule has 2 unspecified atom stereocenters. The zero-order chi connectivity index (χ0) is 11.8. The van der Waals surface area contributed by atoms with Crippen LogP contribution in [0, 0.1) is 6.92 Å². The fourth-order valence-corrected chi connectivity index (χ4v) is 4.46. The number of aromatic nitrogens is 1. The van der Waals surface area contributed by atoms with E-state index in [2.05, 4.69) is 29.3 Å². The zero-order valence-corrected chi connectivity index (χ0v) is 11.3. The number of aliphatic hydroxyl groups is 1. The predicted octanol–water partition coefficient (Wildman–Crippen LogP) is 3.23. The molecular weight excluding hydrogens is 230 g/mol. The van der Waals surface area contributed by atoms with E-state index in [0.29, 0.717) is 6.04 Å². The molecule has 94 valence electrons. The van der Waals surface area contributed by atoms with Crippen molar-refractivity contribution in [3.05, 3.63) is 23.0 Å². The van der Waals surface area contributed by atoms with Crippen molar-refractivity contribution < 1.29 is 5.11 Å². The lowest BCUT2D eigenvalue weighted by Gasteiger charge is -2.28. The Bertz CT molecular complexity index is 407. The van der Waals surface area contributed by atoms with Gasteiger partial charge in [0.05, 0.1) is 6.10 Å². The minimum atomic E-state index is -0.213. The summed E-state index contributed by atoms with van der Waals surface area (Å²) < 4.78 is 2.53. The zero-order valence-electron chi connectivity index (χ0n) is 10.5. The summed E-state index contributed by atoms with van der Waals surface area (Å²) in [5.41, 5.74) is 3.99. The van der Waals surface area contributed by atoms with Crippen LogP contribution in [0.1, 0.15) is 54.8 Å². The first-order chi connectivity index (χ1) is 8.27. The van der Waals surface area contributed by atoms with Crippen molar-refractivity contribution in [2.75, 3.05) is 11.5 Å². The molecule has 1 aliphatic carbocycles. The van der Waals surface area contributed by atoms with Gasteiger partial charge in [0.1, 0.15) is 0 Å². The monoisotopic (exact) mass is 251 g/mol. The minimum Gasteiger partial charge on any atom is -0.388 e. The topological polar surface area (TPSA) is 25.2 Å². The van der Waals surface area contributed by atoms with Crippen LogP contribution in [0.4, 0.5) is 0 Å². The fourth-order valence-electron chi connectivity index (χ4n) is 3.34. The fraction of sp³-hybridized carbons (Fsp3) is 0.714. The summed E-state index contributed by atoms with van der Waals surface area (Å²) in [7, 11) is 0. The molecule has 1 aliphatic heterocycles. The molecule has 1 N–H and O–H groups in total. The lowest BCUT2D eigenvalue weighted by molar-refractivity contribution is 0.155. The summed E-state index contributed by atoms with van der Waals surface area (Å²) in [6.07, 6.45) is 5.67. The quantitative estimate of drug-likeness (QED) is 0.829. The van der Waals surface area contributed by atoms with Crippen molar-refractivity contribution in [1.82, 2.24) is 4.57 Å². The Hall–Kier alpha value is -0.410. The molecule has 1 aromatic rings. The Balaban J connectivity index is 1.98. The molecular formula is C14H21NOS. The standard InChI is InChI=1S/C14H21NOS/c1-10-8-12-13(5-2-6-14(12)16)15(10)11-4-3-7-17-9-11/h8,11,14,16H,2-7,9H2,1H3. The van der Waals surface area contributed by atoms with Crippen LogP contribution in [0.2, 0.25) is 0 Å². The van der Waals surface area contributed by atoms with E-state index in [0.717, 1.165) is 19.3 Å². The number of thioether (sulfide) groups is 1. The molecule has 1 saturated heterocycles. The summed E-state index contributed by atoms with van der Waals surface area (Å²) in [6, 6.07) is 2.89. The maximum Gasteiger partial charge on any atom is 0.0807 e. The van der Waals surface area contributed by atoms with Gasteiger partial charge in [-0.15, -0.1) is 0 Å². The van der Waals surface area contributed by atoms with Crippen LogP contribution in [0.15, 0.2) is 6.07 Å². The Morgan fingerprint density at radius 1 is 1.35 bits per heavy atom. The second-order valence-corrected chi connectivity index (χ2v) is 6.49. The maximum absolute atomic E-state index is 10.1. The minimum absolute atomic E-state index is 0.213. The number of aryl methyl sites for hydroxylation is 1. The van der Waals surface area contributed by atoms with Crippen molar-refractivity contribution in [2.24, 2.45) is 0 Å². The summed E-state index contributed by atoms with van der Waals surface area (Å²) in [5, 5.41) is 10.1. The molecule has 0 spiro atoms. The summed E-state index contributed by atoms with van der Waals surface area (Å²) in [4.78, 5) is 0. The number of nitrogens with zero attached hydrogens (tertiary/aromatic N) is 1. The number of aliphatic hydroxyl groups excluding tert-OH is 1. The molecule has 2 heterocycles. The van der Waals surface area contributed by atoms with Crippen molar-refractivity contribution >= 4 is 11.8 Å². The smallest absolute Gasteiger partial charge is 0.0807 e. The van der Waals surface area contributed by atoms with Crippen LogP contribution in [0.25, 0.3) is 0 Å². The number of hydrogen-bond donors (Lipinski definition) is 1. The highest BCUT2D eigenvalue weighted by Gasteiger charge is 2.27. The lowest BCUT2D eigenvalue weighted by Crippen LogP contribution is -2.21. The van der Waals surface area contributed by atoms with Crippen molar-refractivity contribution in [2.45, 2.75) is 51.2 Å². The highest BCUT2D eigenvalue weighted by Crippen LogP contribution is 2.37. The van der Waals surface area contributed by atoms with Crippen molar-refractivity contribution in [1.29, 1.82) is 0 Å². The van der Waals surface area contributed by atoms with E-state index in [1.165, 1.54) is 41.3 Å². The van der Waals surface area contributed by atoms with Crippen LogP contribution in [0.5, 0.6) is 0 Å². The Kier molecular flexibility index (Phi) is 3.22. The van der Waals surface area contributed by atoms with E-state index >= 15 is 0 Å². The molecule has 0 radical (unpaired) electrons. The second-order valence-electron chi connectivity index (χ2n) is 5.34. The number of hydrogen-bond acceptors (Lipinski definition) is 2. The molecule has 3 rings (SSSR count). The lowest BCUT2D eigenvalue weighted by atomic mass is 9.95. The molecule has 0 aromatic carbocycles. The van der Waals surface area contributed by atoms with Gasteiger partial charge < -0.3 is 9.67 Å². The van der Waals surface area contributed by atoms with Gasteiger partial charge in [0.2, 0.25) is 0 Å². The summed E-state index contributed by atoms with van der Waals surface area (Å²) in [6.45, 7) is 2.20. The van der Waals surface area contributed by atoms with Gasteiger partial charge in [-0.3, -0.25) is 0 Å². The SMILES string of the molecule is Cc1cc2c(n1C1CCCSC1)CCCC2O. The molecule has 3 heteroatoms. The molecule has 1 fully saturated rings. The van der Waals surface area contributed by atoms with Gasteiger partial charge in [-0.1, -0.05) is 0 Å². The van der Waals surface area contributed by atoms with Crippen LogP contribution in [0.3, 0.4) is 0 Å². The molecule has 2 nitrogen and oxygen atoms in total. The third-order valence-corrected chi connectivity index (χ3v) is 5.32. The first kappa shape index (κ1) is 11.7. The molecule has 2 aliphatic rings. The van der Waals surface area contributed by atoms with Crippen LogP contribution in [-0.4, -0.2) is 21.2 Å². The maximum atomic E-state index is 10.1. The van der Waals surface area contributed by atoms with Gasteiger partial charge in [0, 0.05) is 28.7 Å². The number of fused-ring (bicyclic) bond motifs is 1. The first-order valence-electron chi connectivity index (χ1n) is 6.74.